The van der Waals surface area contributed by atoms with Crippen molar-refractivity contribution in [2.24, 2.45) is 0 Å². The first-order chi connectivity index (χ1) is 11.8. The number of benzene rings is 3. The Hall–Kier alpha value is -1.43. The van der Waals surface area contributed by atoms with Crippen molar-refractivity contribution in [2.45, 2.75) is 16.4 Å². The van der Waals surface area contributed by atoms with E-state index in [0.717, 1.165) is 6.42 Å². The first-order valence-corrected chi connectivity index (χ1v) is 11.4. The predicted octanol–water partition coefficient (Wildman–Crippen LogP) is 3.25. The van der Waals surface area contributed by atoms with Crippen LogP contribution in [0, 0.1) is 0 Å². The van der Waals surface area contributed by atoms with E-state index < -0.39 is 8.32 Å². The fourth-order valence-corrected chi connectivity index (χ4v) is 8.25. The molecular formula is C21H19IOSi. The zero-order valence-corrected chi connectivity index (χ0v) is 16.5. The van der Waals surface area contributed by atoms with Crippen molar-refractivity contribution in [3.05, 3.63) is 91.0 Å². The highest BCUT2D eigenvalue weighted by molar-refractivity contribution is 14.1. The van der Waals surface area contributed by atoms with E-state index in [1.807, 2.05) is 0 Å². The van der Waals surface area contributed by atoms with Crippen LogP contribution in [-0.2, 0) is 4.43 Å². The lowest BCUT2D eigenvalue weighted by Gasteiger charge is -2.33. The molecular weight excluding hydrogens is 423 g/mol. The molecule has 0 saturated heterocycles. The summed E-state index contributed by atoms with van der Waals surface area (Å²) in [5, 5.41) is 3.95. The summed E-state index contributed by atoms with van der Waals surface area (Å²) in [6.07, 6.45) is 1.51. The summed E-state index contributed by atoms with van der Waals surface area (Å²) in [5.74, 6) is 0. The number of rotatable bonds is 5. The molecule has 0 heterocycles. The van der Waals surface area contributed by atoms with E-state index in [9.17, 15) is 0 Å². The lowest BCUT2D eigenvalue weighted by molar-refractivity contribution is 0.311. The quantitative estimate of drug-likeness (QED) is 0.255. The van der Waals surface area contributed by atoms with Gasteiger partial charge in [0, 0.05) is 3.92 Å². The third kappa shape index (κ3) is 2.96. The van der Waals surface area contributed by atoms with E-state index in [4.69, 9.17) is 4.43 Å². The SMILES string of the molecule is I[C@@H]1C[C@H]1O[Si](c1ccccc1)(c1ccccc1)c1ccccc1. The van der Waals surface area contributed by atoms with Crippen molar-refractivity contribution in [1.82, 2.24) is 0 Å². The number of hydrogen-bond acceptors (Lipinski definition) is 1. The van der Waals surface area contributed by atoms with Gasteiger partial charge in [-0.2, -0.15) is 0 Å². The summed E-state index contributed by atoms with van der Waals surface area (Å²) in [5.41, 5.74) is 0. The molecule has 3 aromatic rings. The smallest absolute Gasteiger partial charge is 0.288 e. The van der Waals surface area contributed by atoms with Gasteiger partial charge in [0.2, 0.25) is 0 Å². The van der Waals surface area contributed by atoms with Crippen LogP contribution < -0.4 is 15.6 Å². The molecule has 0 bridgehead atoms. The zero-order valence-electron chi connectivity index (χ0n) is 13.3. The lowest BCUT2D eigenvalue weighted by Crippen LogP contribution is -2.69. The summed E-state index contributed by atoms with van der Waals surface area (Å²) in [4.78, 5) is 0. The molecule has 0 amide bonds. The van der Waals surface area contributed by atoms with Gasteiger partial charge in [-0.25, -0.2) is 0 Å². The second-order valence-corrected chi connectivity index (χ2v) is 11.1. The molecule has 1 saturated carbocycles. The Bertz CT molecular complexity index is 695. The molecule has 1 nitrogen and oxygen atoms in total. The van der Waals surface area contributed by atoms with E-state index >= 15 is 0 Å². The Morgan fingerprint density at radius 2 is 1.00 bits per heavy atom. The van der Waals surface area contributed by atoms with Crippen LogP contribution in [0.15, 0.2) is 91.0 Å². The lowest BCUT2D eigenvalue weighted by atomic mass is 10.3. The Morgan fingerprint density at radius 1 is 0.667 bits per heavy atom. The first-order valence-electron chi connectivity index (χ1n) is 8.29. The average molecular weight is 442 g/mol. The number of hydrogen-bond donors (Lipinski definition) is 0. The van der Waals surface area contributed by atoms with E-state index in [1.54, 1.807) is 0 Å². The van der Waals surface area contributed by atoms with Crippen LogP contribution in [0.5, 0.6) is 0 Å². The highest BCUT2D eigenvalue weighted by atomic mass is 127. The molecule has 0 radical (unpaired) electrons. The second kappa shape index (κ2) is 6.82. The van der Waals surface area contributed by atoms with Crippen LogP contribution in [0.3, 0.4) is 0 Å². The highest BCUT2D eigenvalue weighted by Gasteiger charge is 2.49. The Morgan fingerprint density at radius 3 is 1.29 bits per heavy atom. The van der Waals surface area contributed by atoms with Crippen molar-refractivity contribution in [3.8, 4) is 0 Å². The molecule has 0 unspecified atom stereocenters. The molecule has 0 N–H and O–H groups in total. The Labute approximate surface area is 158 Å². The van der Waals surface area contributed by atoms with Crippen LogP contribution in [0.2, 0.25) is 0 Å². The molecule has 120 valence electrons. The van der Waals surface area contributed by atoms with Crippen LogP contribution in [0.25, 0.3) is 0 Å². The van der Waals surface area contributed by atoms with E-state index in [2.05, 4.69) is 114 Å². The van der Waals surface area contributed by atoms with Gasteiger partial charge < -0.3 is 4.43 Å². The summed E-state index contributed by atoms with van der Waals surface area (Å²) >= 11 is 2.51. The van der Waals surface area contributed by atoms with Crippen molar-refractivity contribution < 1.29 is 4.43 Å². The maximum absolute atomic E-state index is 6.95. The Kier molecular flexibility index (Phi) is 4.56. The molecule has 1 aliphatic carbocycles. The van der Waals surface area contributed by atoms with Crippen LogP contribution in [-0.4, -0.2) is 18.3 Å². The van der Waals surface area contributed by atoms with Gasteiger partial charge in [-0.1, -0.05) is 114 Å². The molecule has 2 atom stereocenters. The molecule has 24 heavy (non-hydrogen) atoms. The summed E-state index contributed by atoms with van der Waals surface area (Å²) in [7, 11) is -2.47. The average Bonchev–Trinajstić information content (AvgIpc) is 3.36. The first kappa shape index (κ1) is 16.1. The van der Waals surface area contributed by atoms with E-state index in [-0.39, 0.29) is 0 Å². The number of halogens is 1. The third-order valence-electron chi connectivity index (χ3n) is 4.53. The second-order valence-electron chi connectivity index (χ2n) is 6.19. The van der Waals surface area contributed by atoms with E-state index in [0.29, 0.717) is 10.0 Å². The van der Waals surface area contributed by atoms with Crippen LogP contribution in [0.4, 0.5) is 0 Å². The van der Waals surface area contributed by atoms with E-state index in [1.165, 1.54) is 15.6 Å². The molecule has 1 aliphatic rings. The highest BCUT2D eigenvalue weighted by Crippen LogP contribution is 2.35. The van der Waals surface area contributed by atoms with Gasteiger partial charge in [-0.3, -0.25) is 0 Å². The van der Waals surface area contributed by atoms with Crippen molar-refractivity contribution in [3.63, 3.8) is 0 Å². The van der Waals surface area contributed by atoms with Gasteiger partial charge >= 0.3 is 0 Å². The molecule has 0 aromatic heterocycles. The van der Waals surface area contributed by atoms with Gasteiger partial charge in [0.25, 0.3) is 8.32 Å². The van der Waals surface area contributed by atoms with Gasteiger partial charge in [0.1, 0.15) is 0 Å². The molecule has 4 rings (SSSR count). The monoisotopic (exact) mass is 442 g/mol. The minimum absolute atomic E-state index is 0.359. The normalized spacial score (nSPS) is 19.9. The van der Waals surface area contributed by atoms with Crippen molar-refractivity contribution in [1.29, 1.82) is 0 Å². The minimum atomic E-state index is -2.47. The van der Waals surface area contributed by atoms with Crippen LogP contribution in [0.1, 0.15) is 6.42 Å². The molecule has 1 fully saturated rings. The molecule has 0 spiro atoms. The fraction of sp³-hybridized carbons (Fsp3) is 0.143. The van der Waals surface area contributed by atoms with Gasteiger partial charge in [0.15, 0.2) is 0 Å². The molecule has 0 aliphatic heterocycles. The van der Waals surface area contributed by atoms with Crippen molar-refractivity contribution in [2.75, 3.05) is 0 Å². The maximum atomic E-state index is 6.95. The number of alkyl halides is 1. The maximum Gasteiger partial charge on any atom is 0.288 e. The minimum Gasteiger partial charge on any atom is -0.400 e. The van der Waals surface area contributed by atoms with Gasteiger partial charge in [-0.15, -0.1) is 0 Å². The zero-order chi connectivity index (χ0) is 16.4. The fourth-order valence-electron chi connectivity index (χ4n) is 3.22. The van der Waals surface area contributed by atoms with Gasteiger partial charge in [-0.05, 0) is 22.0 Å². The summed E-state index contributed by atoms with van der Waals surface area (Å²) in [6.45, 7) is 0. The summed E-state index contributed by atoms with van der Waals surface area (Å²) in [6, 6.07) is 32.4. The Balaban J connectivity index is 1.95. The summed E-state index contributed by atoms with van der Waals surface area (Å²) < 4.78 is 7.58. The third-order valence-corrected chi connectivity index (χ3v) is 9.93. The largest absolute Gasteiger partial charge is 0.400 e. The molecule has 3 heteroatoms. The van der Waals surface area contributed by atoms with Crippen LogP contribution >= 0.6 is 22.6 Å². The standard InChI is InChI=1S/C21H19IOSi/c22-20-16-21(20)23-24(17-10-4-1-5-11-17,18-12-6-2-7-13-18)19-14-8-3-9-15-19/h1-15,20-21H,16H2/t20-,21-/m1/s1. The topological polar surface area (TPSA) is 9.23 Å². The van der Waals surface area contributed by atoms with Crippen molar-refractivity contribution >= 4 is 46.5 Å². The van der Waals surface area contributed by atoms with Gasteiger partial charge in [0.05, 0.1) is 6.10 Å². The molecule has 3 aromatic carbocycles. The predicted molar refractivity (Wildman–Crippen MR) is 111 cm³/mol.